The van der Waals surface area contributed by atoms with E-state index in [2.05, 4.69) is 9.80 Å². The van der Waals surface area contributed by atoms with Crippen molar-refractivity contribution >= 4 is 17.9 Å². The van der Waals surface area contributed by atoms with Crippen LogP contribution in [0.5, 0.6) is 0 Å². The van der Waals surface area contributed by atoms with E-state index in [0.29, 0.717) is 25.7 Å². The van der Waals surface area contributed by atoms with Gasteiger partial charge in [-0.05, 0) is 85.2 Å². The van der Waals surface area contributed by atoms with Crippen LogP contribution in [0.2, 0.25) is 0 Å². The molecule has 0 radical (unpaired) electrons. The molecule has 8 nitrogen and oxygen atoms in total. The highest BCUT2D eigenvalue weighted by atomic mass is 16.7. The number of hydrogen-bond donors (Lipinski definition) is 0. The summed E-state index contributed by atoms with van der Waals surface area (Å²) in [6.45, 7) is 1.66. The third-order valence-electron chi connectivity index (χ3n) is 10.8. The van der Waals surface area contributed by atoms with Crippen LogP contribution in [0.15, 0.2) is 0 Å². The Labute approximate surface area is 321 Å². The van der Waals surface area contributed by atoms with Crippen LogP contribution < -0.4 is 0 Å². The van der Waals surface area contributed by atoms with Crippen LogP contribution in [0.25, 0.3) is 0 Å². The number of carbonyl (C=O) groups is 3. The van der Waals surface area contributed by atoms with Crippen molar-refractivity contribution in [2.24, 2.45) is 11.8 Å². The molecule has 1 aliphatic carbocycles. The lowest BCUT2D eigenvalue weighted by Gasteiger charge is -2.19. The molecule has 0 aromatic rings. The topological polar surface area (TPSA) is 85.4 Å². The van der Waals surface area contributed by atoms with E-state index >= 15 is 0 Å². The maximum atomic E-state index is 12.4. The third-order valence-corrected chi connectivity index (χ3v) is 10.8. The lowest BCUT2D eigenvalue weighted by atomic mass is 10.0. The van der Waals surface area contributed by atoms with Gasteiger partial charge in [0.15, 0.2) is 0 Å². The molecule has 0 N–H and O–H groups in total. The molecule has 0 bridgehead atoms. The number of rotatable bonds is 38. The maximum Gasteiger partial charge on any atom is 0.308 e. The van der Waals surface area contributed by atoms with E-state index < -0.39 is 6.29 Å². The molecule has 1 rings (SSSR count). The van der Waals surface area contributed by atoms with E-state index in [1.54, 1.807) is 0 Å². The SMILES string of the molecule is COC(=O)CCCCCCCC1CC1CCCCCCCCCCCCCCCCCCCC(OC(=O)CCCN(C)C)OC(=O)CCCN(C)C. The summed E-state index contributed by atoms with van der Waals surface area (Å²) in [4.78, 5) is 39.9. The van der Waals surface area contributed by atoms with Gasteiger partial charge in [-0.3, -0.25) is 14.4 Å². The molecule has 0 saturated heterocycles. The van der Waals surface area contributed by atoms with Crippen molar-refractivity contribution in [3.05, 3.63) is 0 Å². The first-order valence-electron chi connectivity index (χ1n) is 22.0. The van der Waals surface area contributed by atoms with E-state index in [4.69, 9.17) is 14.2 Å². The fourth-order valence-electron chi connectivity index (χ4n) is 7.33. The average Bonchev–Trinajstić information content (AvgIpc) is 3.85. The first-order chi connectivity index (χ1) is 25.2. The van der Waals surface area contributed by atoms with Crippen molar-refractivity contribution in [3.63, 3.8) is 0 Å². The quantitative estimate of drug-likeness (QED) is 0.0352. The zero-order chi connectivity index (χ0) is 38.1. The Morgan fingerprint density at radius 1 is 0.462 bits per heavy atom. The first kappa shape index (κ1) is 48.3. The van der Waals surface area contributed by atoms with Crippen molar-refractivity contribution in [2.45, 2.75) is 205 Å². The average molecular weight is 737 g/mol. The molecule has 0 aromatic heterocycles. The maximum absolute atomic E-state index is 12.4. The van der Waals surface area contributed by atoms with Crippen LogP contribution in [-0.2, 0) is 28.6 Å². The lowest BCUT2D eigenvalue weighted by molar-refractivity contribution is -0.189. The Bertz CT molecular complexity index is 838. The molecule has 0 aromatic carbocycles. The summed E-state index contributed by atoms with van der Waals surface area (Å²) in [5, 5.41) is 0. The van der Waals surface area contributed by atoms with Gasteiger partial charge in [0.05, 0.1) is 7.11 Å². The van der Waals surface area contributed by atoms with Crippen LogP contribution in [0, 0.1) is 11.8 Å². The summed E-state index contributed by atoms with van der Waals surface area (Å²) < 4.78 is 15.9. The second-order valence-corrected chi connectivity index (χ2v) is 16.4. The standard InChI is InChI=1S/C44H84N2O6/c1-45(2)36-28-33-42(48)51-44(52-43(49)34-29-37-46(3)4)35-27-23-18-16-14-12-10-8-6-7-9-11-13-15-17-20-24-30-39-38-40(39)31-25-21-19-22-26-32-41(47)50-5/h39-40,44H,6-38H2,1-5H3. The third kappa shape index (κ3) is 31.8. The molecule has 2 atom stereocenters. The Morgan fingerprint density at radius 2 is 0.788 bits per heavy atom. The van der Waals surface area contributed by atoms with Crippen LogP contribution in [0.3, 0.4) is 0 Å². The minimum atomic E-state index is -0.755. The number of methoxy groups -OCH3 is 1. The van der Waals surface area contributed by atoms with Crippen LogP contribution in [0.1, 0.15) is 199 Å². The normalized spacial score (nSPS) is 15.5. The summed E-state index contributed by atoms with van der Waals surface area (Å²) in [5.41, 5.74) is 0. The lowest BCUT2D eigenvalue weighted by Crippen LogP contribution is -2.26. The second kappa shape index (κ2) is 33.9. The molecule has 0 heterocycles. The zero-order valence-electron chi connectivity index (χ0n) is 34.9. The fraction of sp³-hybridized carbons (Fsp3) is 0.932. The number of unbranched alkanes of at least 4 members (excludes halogenated alkanes) is 20. The van der Waals surface area contributed by atoms with Gasteiger partial charge in [0.2, 0.25) is 6.29 Å². The second-order valence-electron chi connectivity index (χ2n) is 16.4. The van der Waals surface area contributed by atoms with Gasteiger partial charge in [0.1, 0.15) is 0 Å². The summed E-state index contributed by atoms with van der Waals surface area (Å²) >= 11 is 0. The largest absolute Gasteiger partial charge is 0.469 e. The highest BCUT2D eigenvalue weighted by Crippen LogP contribution is 2.45. The Balaban J connectivity index is 1.90. The van der Waals surface area contributed by atoms with Crippen molar-refractivity contribution in [1.82, 2.24) is 9.80 Å². The highest BCUT2D eigenvalue weighted by Gasteiger charge is 2.35. The first-order valence-corrected chi connectivity index (χ1v) is 22.0. The van der Waals surface area contributed by atoms with Gasteiger partial charge in [0, 0.05) is 25.7 Å². The molecule has 52 heavy (non-hydrogen) atoms. The van der Waals surface area contributed by atoms with E-state index in [9.17, 15) is 14.4 Å². The Morgan fingerprint density at radius 3 is 1.15 bits per heavy atom. The molecule has 2 unspecified atom stereocenters. The number of hydrogen-bond acceptors (Lipinski definition) is 8. The molecule has 0 amide bonds. The predicted octanol–water partition coefficient (Wildman–Crippen LogP) is 11.0. The summed E-state index contributed by atoms with van der Waals surface area (Å²) in [6.07, 6.45) is 35.7. The van der Waals surface area contributed by atoms with Crippen molar-refractivity contribution < 1.29 is 28.6 Å². The van der Waals surface area contributed by atoms with Crippen LogP contribution >= 0.6 is 0 Å². The number of nitrogens with zero attached hydrogens (tertiary/aromatic N) is 2. The summed E-state index contributed by atoms with van der Waals surface area (Å²) in [5.74, 6) is 1.44. The molecular formula is C44H84N2O6. The summed E-state index contributed by atoms with van der Waals surface area (Å²) in [7, 11) is 9.43. The minimum absolute atomic E-state index is 0.0687. The molecule has 0 spiro atoms. The Kier molecular flexibility index (Phi) is 31.5. The van der Waals surface area contributed by atoms with Gasteiger partial charge in [-0.2, -0.15) is 0 Å². The smallest absolute Gasteiger partial charge is 0.308 e. The van der Waals surface area contributed by atoms with Gasteiger partial charge in [0.25, 0.3) is 0 Å². The van der Waals surface area contributed by atoms with E-state index in [1.165, 1.54) is 142 Å². The van der Waals surface area contributed by atoms with Gasteiger partial charge in [-0.25, -0.2) is 0 Å². The highest BCUT2D eigenvalue weighted by molar-refractivity contribution is 5.71. The molecule has 1 fully saturated rings. The molecule has 1 aliphatic rings. The van der Waals surface area contributed by atoms with Crippen LogP contribution in [-0.4, -0.2) is 82.4 Å². The summed E-state index contributed by atoms with van der Waals surface area (Å²) in [6, 6.07) is 0. The monoisotopic (exact) mass is 737 g/mol. The number of esters is 3. The molecule has 306 valence electrons. The Hall–Kier alpha value is -1.67. The van der Waals surface area contributed by atoms with Gasteiger partial charge in [-0.1, -0.05) is 141 Å². The fourth-order valence-corrected chi connectivity index (χ4v) is 7.33. The van der Waals surface area contributed by atoms with E-state index in [-0.39, 0.29) is 17.9 Å². The van der Waals surface area contributed by atoms with Crippen molar-refractivity contribution in [3.8, 4) is 0 Å². The molecule has 1 saturated carbocycles. The van der Waals surface area contributed by atoms with Gasteiger partial charge in [-0.15, -0.1) is 0 Å². The van der Waals surface area contributed by atoms with Crippen molar-refractivity contribution in [1.29, 1.82) is 0 Å². The van der Waals surface area contributed by atoms with E-state index in [1.807, 2.05) is 28.2 Å². The van der Waals surface area contributed by atoms with Gasteiger partial charge < -0.3 is 24.0 Å². The van der Waals surface area contributed by atoms with Gasteiger partial charge >= 0.3 is 17.9 Å². The predicted molar refractivity (Wildman–Crippen MR) is 215 cm³/mol. The van der Waals surface area contributed by atoms with Crippen molar-refractivity contribution in [2.75, 3.05) is 48.4 Å². The molecule has 8 heteroatoms. The minimum Gasteiger partial charge on any atom is -0.469 e. The molecule has 0 aliphatic heterocycles. The number of ether oxygens (including phenoxy) is 3. The zero-order valence-corrected chi connectivity index (χ0v) is 34.9. The van der Waals surface area contributed by atoms with E-state index in [0.717, 1.165) is 63.5 Å². The van der Waals surface area contributed by atoms with Crippen LogP contribution in [0.4, 0.5) is 0 Å². The number of carbonyl (C=O) groups excluding carboxylic acids is 3. The molecular weight excluding hydrogens is 652 g/mol.